The van der Waals surface area contributed by atoms with Crippen LogP contribution in [-0.2, 0) is 29.8 Å². The Labute approximate surface area is 137 Å². The molecule has 0 heterocycles. The van der Waals surface area contributed by atoms with Crippen molar-refractivity contribution in [2.45, 2.75) is 34.6 Å². The molecule has 0 unspecified atom stereocenters. The average molecular weight is 536 g/mol. The molecule has 1 aliphatic rings. The van der Waals surface area contributed by atoms with E-state index in [2.05, 4.69) is 54.7 Å². The zero-order valence-electron chi connectivity index (χ0n) is 9.91. The van der Waals surface area contributed by atoms with E-state index < -0.39 is 0 Å². The summed E-state index contributed by atoms with van der Waals surface area (Å²) in [6, 6.07) is 0. The third-order valence-corrected chi connectivity index (χ3v) is 3.48. The van der Waals surface area contributed by atoms with Crippen LogP contribution in [0.1, 0.15) is 34.6 Å². The molecule has 0 N–H and O–H groups in total. The van der Waals surface area contributed by atoms with Crippen molar-refractivity contribution < 1.29 is 29.8 Å². The molecular formula is C11H16Co2I2O. The van der Waals surface area contributed by atoms with Gasteiger partial charge in [-0.15, -0.1) is 0 Å². The Kier molecular flexibility index (Phi) is 10.8. The predicted octanol–water partition coefficient (Wildman–Crippen LogP) is 4.64. The molecule has 0 atom stereocenters. The van der Waals surface area contributed by atoms with Crippen molar-refractivity contribution >= 4 is 47.1 Å². The van der Waals surface area contributed by atoms with Gasteiger partial charge in [0.1, 0.15) is 6.29 Å². The predicted molar refractivity (Wildman–Crippen MR) is 79.0 cm³/mol. The molecular weight excluding hydrogens is 520 g/mol. The number of carbonyl (C=O) groups excluding carboxylic acids is 1. The first-order valence-electron chi connectivity index (χ1n) is 4.53. The second-order valence-electron chi connectivity index (χ2n) is 3.87. The van der Waals surface area contributed by atoms with E-state index >= 15 is 0 Å². The average Bonchev–Trinajstić information content (AvgIpc) is 2.36. The summed E-state index contributed by atoms with van der Waals surface area (Å²) in [7, 11) is 1.38. The summed E-state index contributed by atoms with van der Waals surface area (Å²) < 4.78 is 0. The van der Waals surface area contributed by atoms with Crippen LogP contribution in [0, 0.1) is 5.41 Å². The van der Waals surface area contributed by atoms with Crippen LogP contribution in [0.4, 0.5) is 0 Å². The van der Waals surface area contributed by atoms with E-state index in [1.54, 1.807) is 0 Å². The quantitative estimate of drug-likeness (QED) is 0.353. The van der Waals surface area contributed by atoms with Gasteiger partial charge in [0, 0.05) is 16.8 Å². The number of halogens is 2. The second kappa shape index (κ2) is 8.68. The van der Waals surface area contributed by atoms with Crippen LogP contribution in [0.25, 0.3) is 0 Å². The molecule has 0 amide bonds. The van der Waals surface area contributed by atoms with E-state index in [9.17, 15) is 4.79 Å². The molecule has 0 saturated heterocycles. The van der Waals surface area contributed by atoms with Gasteiger partial charge < -0.3 is 4.79 Å². The number of hydrogen-bond donors (Lipinski definition) is 0. The van der Waals surface area contributed by atoms with Gasteiger partial charge in [-0.1, -0.05) is 11.1 Å². The maximum atomic E-state index is 11.0. The van der Waals surface area contributed by atoms with E-state index in [1.165, 1.54) is 30.6 Å². The van der Waals surface area contributed by atoms with E-state index in [1.807, 2.05) is 20.8 Å². The van der Waals surface area contributed by atoms with E-state index in [-0.39, 0.29) is 22.2 Å². The summed E-state index contributed by atoms with van der Waals surface area (Å²) >= 11 is 4.49. The molecule has 16 heavy (non-hydrogen) atoms. The van der Waals surface area contributed by atoms with Crippen LogP contribution < -0.4 is 0 Å². The zero-order chi connectivity index (χ0) is 12.2. The van der Waals surface area contributed by atoms with Crippen LogP contribution in [0.15, 0.2) is 22.3 Å². The molecule has 1 rings (SSSR count). The Bertz CT molecular complexity index is 298. The monoisotopic (exact) mass is 536 g/mol. The SMILES string of the molecule is CC1=C(C)C(C)(C=O)C(C)=C1C.[Co].[I][Co][I]. The van der Waals surface area contributed by atoms with Crippen LogP contribution in [0.2, 0.25) is 0 Å². The van der Waals surface area contributed by atoms with Crippen LogP contribution in [0.3, 0.4) is 0 Å². The molecule has 0 bridgehead atoms. The van der Waals surface area contributed by atoms with Crippen molar-refractivity contribution in [3.8, 4) is 0 Å². The van der Waals surface area contributed by atoms with Gasteiger partial charge >= 0.3 is 49.1 Å². The second-order valence-corrected chi connectivity index (χ2v) is 12.7. The minimum atomic E-state index is -0.325. The number of hydrogen-bond acceptors (Lipinski definition) is 1. The fourth-order valence-corrected chi connectivity index (χ4v) is 1.80. The Morgan fingerprint density at radius 3 is 1.44 bits per heavy atom. The Morgan fingerprint density at radius 2 is 1.31 bits per heavy atom. The molecule has 98 valence electrons. The minimum absolute atomic E-state index is 0. The standard InChI is InChI=1S/C11H16O.2Co.2HI/c1-7-8(2)10(4)11(5,6-12)9(7)3;;;;/h6H,1-5H3;;;2*1H/q;;+2;;/p-2. The van der Waals surface area contributed by atoms with Gasteiger partial charge in [-0.25, -0.2) is 0 Å². The first-order valence-corrected chi connectivity index (χ1v) is 11.2. The summed E-state index contributed by atoms with van der Waals surface area (Å²) in [6.07, 6.45) is 1.05. The molecule has 1 radical (unpaired) electrons. The molecule has 5 heteroatoms. The van der Waals surface area contributed by atoms with Crippen molar-refractivity contribution in [3.63, 3.8) is 0 Å². The number of rotatable bonds is 1. The number of aldehydes is 1. The van der Waals surface area contributed by atoms with Gasteiger partial charge in [-0.3, -0.25) is 0 Å². The molecule has 1 nitrogen and oxygen atoms in total. The fraction of sp³-hybridized carbons (Fsp3) is 0.545. The normalized spacial score (nSPS) is 17.9. The molecule has 0 fully saturated rings. The molecule has 0 aliphatic heterocycles. The van der Waals surface area contributed by atoms with E-state index in [4.69, 9.17) is 0 Å². The summed E-state index contributed by atoms with van der Waals surface area (Å²) in [5, 5.41) is 0. The maximum absolute atomic E-state index is 11.0. The Hall–Kier alpha value is 1.62. The fourth-order valence-electron chi connectivity index (χ4n) is 1.80. The van der Waals surface area contributed by atoms with Crippen molar-refractivity contribution in [2.24, 2.45) is 5.41 Å². The van der Waals surface area contributed by atoms with Gasteiger partial charge in [-0.05, 0) is 45.8 Å². The summed E-state index contributed by atoms with van der Waals surface area (Å²) in [5.74, 6) is 0. The van der Waals surface area contributed by atoms with Gasteiger partial charge in [0.05, 0.1) is 5.41 Å². The summed E-state index contributed by atoms with van der Waals surface area (Å²) in [6.45, 7) is 10.3. The van der Waals surface area contributed by atoms with Crippen molar-refractivity contribution in [3.05, 3.63) is 22.3 Å². The molecule has 0 aromatic rings. The number of carbonyl (C=O) groups is 1. The van der Waals surface area contributed by atoms with Crippen molar-refractivity contribution in [1.82, 2.24) is 0 Å². The third kappa shape index (κ3) is 4.08. The summed E-state index contributed by atoms with van der Waals surface area (Å²) in [4.78, 5) is 11.0. The van der Waals surface area contributed by atoms with E-state index in [0.717, 1.165) is 6.29 Å². The topological polar surface area (TPSA) is 17.1 Å². The van der Waals surface area contributed by atoms with Crippen LogP contribution in [0.5, 0.6) is 0 Å². The third-order valence-electron chi connectivity index (χ3n) is 3.48. The van der Waals surface area contributed by atoms with E-state index in [0.29, 0.717) is 0 Å². The van der Waals surface area contributed by atoms with Gasteiger partial charge in [-0.2, -0.15) is 0 Å². The van der Waals surface area contributed by atoms with Gasteiger partial charge in [0.15, 0.2) is 0 Å². The van der Waals surface area contributed by atoms with Gasteiger partial charge in [0.2, 0.25) is 0 Å². The first kappa shape index (κ1) is 20.0. The molecule has 0 spiro atoms. The van der Waals surface area contributed by atoms with Gasteiger partial charge in [0.25, 0.3) is 0 Å². The number of allylic oxidation sites excluding steroid dienone is 4. The molecule has 1 aliphatic carbocycles. The van der Waals surface area contributed by atoms with Crippen molar-refractivity contribution in [1.29, 1.82) is 0 Å². The summed E-state index contributed by atoms with van der Waals surface area (Å²) in [5.41, 5.74) is 4.64. The molecule has 0 aromatic carbocycles. The first-order chi connectivity index (χ1) is 6.86. The Morgan fingerprint density at radius 1 is 1.06 bits per heavy atom. The van der Waals surface area contributed by atoms with Crippen LogP contribution in [-0.4, -0.2) is 6.29 Å². The molecule has 0 saturated carbocycles. The zero-order valence-corrected chi connectivity index (χ0v) is 16.3. The molecule has 0 aromatic heterocycles. The Balaban J connectivity index is 0. The van der Waals surface area contributed by atoms with Crippen molar-refractivity contribution in [2.75, 3.05) is 0 Å². The van der Waals surface area contributed by atoms with Crippen LogP contribution >= 0.6 is 40.8 Å².